The molecule has 5 saturated carbocycles. The number of carbonyl (C=O) groups excluding carboxylic acids is 1. The zero-order chi connectivity index (χ0) is 25.1. The minimum atomic E-state index is -0.582. The summed E-state index contributed by atoms with van der Waals surface area (Å²) in [4.78, 5) is 25.8. The van der Waals surface area contributed by atoms with Crippen LogP contribution in [0.25, 0.3) is 0 Å². The summed E-state index contributed by atoms with van der Waals surface area (Å²) in [5.41, 5.74) is 0.851. The molecule has 3 heteroatoms. The monoisotopic (exact) mass is 468 g/mol. The number of aliphatic carboxylic acids is 1. The molecule has 0 bridgehead atoms. The minimum absolute atomic E-state index is 0.00178. The molecule has 0 radical (unpaired) electrons. The Morgan fingerprint density at radius 2 is 1.47 bits per heavy atom. The van der Waals surface area contributed by atoms with E-state index in [1.54, 1.807) is 0 Å². The number of carboxylic acids is 1. The fraction of sp³-hybridized carbons (Fsp3) is 0.871. The van der Waals surface area contributed by atoms with Gasteiger partial charge in [0, 0.05) is 11.8 Å². The summed E-state index contributed by atoms with van der Waals surface area (Å²) in [5, 5.41) is 10.6. The Bertz CT molecular complexity index is 948. The fourth-order valence-corrected chi connectivity index (χ4v) is 11.9. The Hall–Kier alpha value is -1.12. The highest BCUT2D eigenvalue weighted by atomic mass is 16.4. The van der Waals surface area contributed by atoms with Crippen LogP contribution in [0.1, 0.15) is 113 Å². The molecule has 5 aliphatic rings. The molecule has 9 atom stereocenters. The number of allylic oxidation sites excluding steroid dienone is 1. The van der Waals surface area contributed by atoms with Gasteiger partial charge in [-0.1, -0.05) is 53.7 Å². The SMILES string of the molecule is C=C(C)[C@@H]1CC[C@]2(C(=O)O)CC[C@@]3(C)[C@]4(C)CC[C@H]5C(C)(C)C(=O)CC[C@]5(C)[C@H]4CC[C@]3(C)[C@@H]12. The molecule has 0 aromatic rings. The Labute approximate surface area is 207 Å². The molecule has 0 spiro atoms. The molecule has 5 rings (SSSR count). The van der Waals surface area contributed by atoms with Crippen molar-refractivity contribution in [1.82, 2.24) is 0 Å². The molecular formula is C31H48O3. The maximum absolute atomic E-state index is 13.0. The van der Waals surface area contributed by atoms with Gasteiger partial charge in [0.2, 0.25) is 0 Å². The molecule has 5 aliphatic carbocycles. The van der Waals surface area contributed by atoms with Gasteiger partial charge in [0.05, 0.1) is 5.41 Å². The number of Topliss-reactive ketones (excluding diaryl/α,β-unsaturated/α-hetero) is 1. The van der Waals surface area contributed by atoms with Crippen molar-refractivity contribution in [2.75, 3.05) is 0 Å². The molecule has 1 N–H and O–H groups in total. The first kappa shape index (κ1) is 24.6. The van der Waals surface area contributed by atoms with E-state index in [1.807, 2.05) is 0 Å². The van der Waals surface area contributed by atoms with E-state index >= 15 is 0 Å². The highest BCUT2D eigenvalue weighted by Gasteiger charge is 2.75. The van der Waals surface area contributed by atoms with Gasteiger partial charge in [-0.3, -0.25) is 9.59 Å². The minimum Gasteiger partial charge on any atom is -0.481 e. The van der Waals surface area contributed by atoms with E-state index in [-0.39, 0.29) is 33.0 Å². The number of carboxylic acid groups (broad SMARTS) is 1. The van der Waals surface area contributed by atoms with Gasteiger partial charge in [-0.05, 0) is 110 Å². The van der Waals surface area contributed by atoms with Crippen LogP contribution in [0, 0.1) is 56.2 Å². The fourth-order valence-electron chi connectivity index (χ4n) is 11.9. The first-order chi connectivity index (χ1) is 15.6. The summed E-state index contributed by atoms with van der Waals surface area (Å²) in [5.74, 6) is 1.47. The van der Waals surface area contributed by atoms with Crippen LogP contribution in [0.2, 0.25) is 0 Å². The van der Waals surface area contributed by atoms with Crippen molar-refractivity contribution in [2.45, 2.75) is 113 Å². The summed E-state index contributed by atoms with van der Waals surface area (Å²) in [7, 11) is 0. The topological polar surface area (TPSA) is 54.4 Å². The normalized spacial score (nSPS) is 53.8. The average molecular weight is 469 g/mol. The van der Waals surface area contributed by atoms with E-state index in [4.69, 9.17) is 0 Å². The van der Waals surface area contributed by atoms with E-state index in [0.29, 0.717) is 23.5 Å². The van der Waals surface area contributed by atoms with E-state index in [1.165, 1.54) is 18.4 Å². The van der Waals surface area contributed by atoms with Crippen molar-refractivity contribution in [2.24, 2.45) is 56.2 Å². The van der Waals surface area contributed by atoms with Gasteiger partial charge >= 0.3 is 5.97 Å². The van der Waals surface area contributed by atoms with Gasteiger partial charge in [0.15, 0.2) is 0 Å². The van der Waals surface area contributed by atoms with Gasteiger partial charge in [0.1, 0.15) is 5.78 Å². The predicted octanol–water partition coefficient (Wildman–Crippen LogP) is 7.69. The quantitative estimate of drug-likeness (QED) is 0.423. The molecule has 34 heavy (non-hydrogen) atoms. The molecule has 190 valence electrons. The smallest absolute Gasteiger partial charge is 0.309 e. The van der Waals surface area contributed by atoms with Gasteiger partial charge in [0.25, 0.3) is 0 Å². The standard InChI is InChI=1S/C31H48O3/c1-19(2)20-9-16-31(25(33)34)18-17-30(8)28(6)14-10-21-26(3,4)23(32)12-13-27(21,5)22(28)11-15-29(30,7)24(20)31/h20-22,24H,1,9-18H2,2-8H3,(H,33,34)/t20-,21-,22+,24+,27-,28+,29+,30-,31-/m0/s1. The van der Waals surface area contributed by atoms with Crippen molar-refractivity contribution in [3.05, 3.63) is 12.2 Å². The third-order valence-electron chi connectivity index (χ3n) is 14.0. The summed E-state index contributed by atoms with van der Waals surface area (Å²) in [6, 6.07) is 0. The van der Waals surface area contributed by atoms with E-state index in [2.05, 4.69) is 55.0 Å². The van der Waals surface area contributed by atoms with Gasteiger partial charge in [-0.2, -0.15) is 0 Å². The van der Waals surface area contributed by atoms with Crippen LogP contribution in [0.15, 0.2) is 12.2 Å². The molecule has 0 saturated heterocycles. The molecule has 5 fully saturated rings. The number of carbonyl (C=O) groups is 2. The van der Waals surface area contributed by atoms with Gasteiger partial charge in [-0.15, -0.1) is 0 Å². The Morgan fingerprint density at radius 3 is 2.09 bits per heavy atom. The molecule has 3 nitrogen and oxygen atoms in total. The van der Waals surface area contributed by atoms with Gasteiger partial charge in [-0.25, -0.2) is 0 Å². The third-order valence-corrected chi connectivity index (χ3v) is 14.0. The Morgan fingerprint density at radius 1 is 0.853 bits per heavy atom. The highest BCUT2D eigenvalue weighted by molar-refractivity contribution is 5.85. The molecule has 0 aliphatic heterocycles. The van der Waals surface area contributed by atoms with Crippen molar-refractivity contribution in [3.8, 4) is 0 Å². The second kappa shape index (κ2) is 7.00. The van der Waals surface area contributed by atoms with Crippen LogP contribution in [0.3, 0.4) is 0 Å². The zero-order valence-corrected chi connectivity index (χ0v) is 22.9. The number of hydrogen-bond acceptors (Lipinski definition) is 2. The second-order valence-corrected chi connectivity index (χ2v) is 14.9. The largest absolute Gasteiger partial charge is 0.481 e. The van der Waals surface area contributed by atoms with Crippen molar-refractivity contribution in [1.29, 1.82) is 0 Å². The number of ketones is 1. The van der Waals surface area contributed by atoms with Crippen molar-refractivity contribution < 1.29 is 14.7 Å². The average Bonchev–Trinajstić information content (AvgIpc) is 3.16. The molecule has 0 aromatic carbocycles. The number of rotatable bonds is 2. The lowest BCUT2D eigenvalue weighted by Crippen LogP contribution is -2.70. The van der Waals surface area contributed by atoms with Crippen LogP contribution in [-0.2, 0) is 9.59 Å². The Balaban J connectivity index is 1.62. The molecule has 0 aromatic heterocycles. The molecule has 0 heterocycles. The van der Waals surface area contributed by atoms with Crippen molar-refractivity contribution in [3.63, 3.8) is 0 Å². The van der Waals surface area contributed by atoms with Crippen LogP contribution in [0.5, 0.6) is 0 Å². The summed E-state index contributed by atoms with van der Waals surface area (Å²) in [6.45, 7) is 21.1. The first-order valence-corrected chi connectivity index (χ1v) is 14.0. The lowest BCUT2D eigenvalue weighted by Gasteiger charge is -2.75. The predicted molar refractivity (Wildman–Crippen MR) is 136 cm³/mol. The van der Waals surface area contributed by atoms with Crippen LogP contribution in [-0.4, -0.2) is 16.9 Å². The van der Waals surface area contributed by atoms with E-state index in [0.717, 1.165) is 51.4 Å². The van der Waals surface area contributed by atoms with Crippen molar-refractivity contribution >= 4 is 11.8 Å². The molecular weight excluding hydrogens is 420 g/mol. The van der Waals surface area contributed by atoms with Gasteiger partial charge < -0.3 is 5.11 Å². The molecule has 0 unspecified atom stereocenters. The summed E-state index contributed by atoms with van der Waals surface area (Å²) >= 11 is 0. The molecule has 0 amide bonds. The van der Waals surface area contributed by atoms with Crippen LogP contribution >= 0.6 is 0 Å². The maximum atomic E-state index is 13.0. The van der Waals surface area contributed by atoms with E-state index < -0.39 is 11.4 Å². The van der Waals surface area contributed by atoms with Crippen LogP contribution < -0.4 is 0 Å². The van der Waals surface area contributed by atoms with Crippen LogP contribution in [0.4, 0.5) is 0 Å². The zero-order valence-electron chi connectivity index (χ0n) is 22.9. The first-order valence-electron chi connectivity index (χ1n) is 14.0. The lowest BCUT2D eigenvalue weighted by atomic mass is 9.29. The lowest BCUT2D eigenvalue weighted by molar-refractivity contribution is -0.267. The summed E-state index contributed by atoms with van der Waals surface area (Å²) in [6.07, 6.45) is 9.98. The number of fused-ring (bicyclic) bond motifs is 7. The van der Waals surface area contributed by atoms with E-state index in [9.17, 15) is 14.7 Å². The third kappa shape index (κ3) is 2.55. The second-order valence-electron chi connectivity index (χ2n) is 14.9. The Kier molecular flexibility index (Phi) is 5.06. The number of hydrogen-bond donors (Lipinski definition) is 1. The summed E-state index contributed by atoms with van der Waals surface area (Å²) < 4.78 is 0. The maximum Gasteiger partial charge on any atom is 0.309 e. The highest BCUT2D eigenvalue weighted by Crippen LogP contribution is 2.81.